The fourth-order valence-electron chi connectivity index (χ4n) is 2.64. The molecule has 0 aromatic carbocycles. The zero-order valence-corrected chi connectivity index (χ0v) is 11.8. The van der Waals surface area contributed by atoms with Crippen molar-refractivity contribution in [2.75, 3.05) is 12.4 Å². The van der Waals surface area contributed by atoms with Gasteiger partial charge in [-0.1, -0.05) is 13.8 Å². The van der Waals surface area contributed by atoms with Crippen LogP contribution in [0.4, 0.5) is 5.82 Å². The third-order valence-electron chi connectivity index (χ3n) is 4.13. The molecule has 0 amide bonds. The van der Waals surface area contributed by atoms with E-state index >= 15 is 0 Å². The largest absolute Gasteiger partial charge is 0.465 e. The van der Waals surface area contributed by atoms with Crippen LogP contribution in [0.15, 0.2) is 18.3 Å². The first kappa shape index (κ1) is 13.8. The summed E-state index contributed by atoms with van der Waals surface area (Å²) in [4.78, 5) is 15.8. The topological polar surface area (TPSA) is 51.2 Å². The van der Waals surface area contributed by atoms with Crippen molar-refractivity contribution in [3.05, 3.63) is 23.9 Å². The molecule has 1 saturated carbocycles. The molecule has 1 heterocycles. The van der Waals surface area contributed by atoms with E-state index in [9.17, 15) is 4.79 Å². The first-order valence-electron chi connectivity index (χ1n) is 6.91. The Hall–Kier alpha value is -1.58. The molecule has 1 aliphatic carbocycles. The van der Waals surface area contributed by atoms with Crippen molar-refractivity contribution in [1.29, 1.82) is 0 Å². The molecule has 3 unspecified atom stereocenters. The number of carbonyl (C=O) groups is 1. The number of nitrogens with zero attached hydrogens (tertiary/aromatic N) is 1. The molecule has 0 aliphatic heterocycles. The van der Waals surface area contributed by atoms with Crippen LogP contribution in [-0.2, 0) is 4.74 Å². The second-order valence-electron chi connectivity index (χ2n) is 5.53. The number of anilines is 1. The van der Waals surface area contributed by atoms with E-state index in [2.05, 4.69) is 24.1 Å². The lowest BCUT2D eigenvalue weighted by molar-refractivity contribution is 0.0600. The molecule has 0 radical (unpaired) electrons. The predicted octanol–water partition coefficient (Wildman–Crippen LogP) is 3.10. The summed E-state index contributed by atoms with van der Waals surface area (Å²) in [6.07, 6.45) is 5.21. The molecule has 1 aromatic rings. The van der Waals surface area contributed by atoms with E-state index in [4.69, 9.17) is 4.74 Å². The first-order chi connectivity index (χ1) is 9.10. The Bertz CT molecular complexity index is 448. The van der Waals surface area contributed by atoms with Crippen molar-refractivity contribution in [3.63, 3.8) is 0 Å². The van der Waals surface area contributed by atoms with Crippen LogP contribution in [-0.4, -0.2) is 24.1 Å². The van der Waals surface area contributed by atoms with Gasteiger partial charge in [0.25, 0.3) is 0 Å². The number of rotatable bonds is 3. The molecule has 2 rings (SSSR count). The van der Waals surface area contributed by atoms with Crippen LogP contribution < -0.4 is 5.32 Å². The second-order valence-corrected chi connectivity index (χ2v) is 5.53. The summed E-state index contributed by atoms with van der Waals surface area (Å²) in [5.74, 6) is 1.97. The summed E-state index contributed by atoms with van der Waals surface area (Å²) in [6.45, 7) is 4.62. The van der Waals surface area contributed by atoms with Gasteiger partial charge in [-0.05, 0) is 43.2 Å². The van der Waals surface area contributed by atoms with Crippen LogP contribution in [0, 0.1) is 11.8 Å². The van der Waals surface area contributed by atoms with Crippen molar-refractivity contribution in [2.45, 2.75) is 39.2 Å². The SMILES string of the molecule is COC(=O)c1ccnc(NC2CCC(C)C(C)C2)c1. The Labute approximate surface area is 114 Å². The van der Waals surface area contributed by atoms with Crippen molar-refractivity contribution in [1.82, 2.24) is 4.98 Å². The molecule has 104 valence electrons. The fraction of sp³-hybridized carbons (Fsp3) is 0.600. The Kier molecular flexibility index (Phi) is 4.40. The number of ether oxygens (including phenoxy) is 1. The highest BCUT2D eigenvalue weighted by atomic mass is 16.5. The number of methoxy groups -OCH3 is 1. The van der Waals surface area contributed by atoms with Crippen LogP contribution in [0.25, 0.3) is 0 Å². The highest BCUT2D eigenvalue weighted by molar-refractivity contribution is 5.89. The summed E-state index contributed by atoms with van der Waals surface area (Å²) in [7, 11) is 1.39. The minimum absolute atomic E-state index is 0.323. The van der Waals surface area contributed by atoms with Crippen LogP contribution in [0.5, 0.6) is 0 Å². The van der Waals surface area contributed by atoms with Gasteiger partial charge in [0, 0.05) is 12.2 Å². The molecule has 1 aliphatic rings. The summed E-state index contributed by atoms with van der Waals surface area (Å²) in [6, 6.07) is 3.88. The lowest BCUT2D eigenvalue weighted by Gasteiger charge is -2.32. The first-order valence-corrected chi connectivity index (χ1v) is 6.91. The van der Waals surface area contributed by atoms with Gasteiger partial charge in [0.1, 0.15) is 5.82 Å². The predicted molar refractivity (Wildman–Crippen MR) is 75.2 cm³/mol. The normalized spacial score (nSPS) is 26.8. The summed E-state index contributed by atoms with van der Waals surface area (Å²) in [5, 5.41) is 3.43. The second kappa shape index (κ2) is 6.04. The average Bonchev–Trinajstić information content (AvgIpc) is 2.42. The monoisotopic (exact) mass is 262 g/mol. The molecule has 4 heteroatoms. The van der Waals surface area contributed by atoms with Crippen molar-refractivity contribution < 1.29 is 9.53 Å². The summed E-state index contributed by atoms with van der Waals surface area (Å²) in [5.41, 5.74) is 0.539. The number of aromatic nitrogens is 1. The molecule has 19 heavy (non-hydrogen) atoms. The maximum absolute atomic E-state index is 11.5. The Morgan fingerprint density at radius 3 is 2.84 bits per heavy atom. The summed E-state index contributed by atoms with van der Waals surface area (Å²) < 4.78 is 4.72. The maximum Gasteiger partial charge on any atom is 0.338 e. The van der Waals surface area contributed by atoms with Crippen LogP contribution in [0.3, 0.4) is 0 Å². The van der Waals surface area contributed by atoms with Gasteiger partial charge >= 0.3 is 5.97 Å². The van der Waals surface area contributed by atoms with E-state index in [1.165, 1.54) is 13.5 Å². The van der Waals surface area contributed by atoms with Gasteiger partial charge < -0.3 is 10.1 Å². The van der Waals surface area contributed by atoms with Crippen molar-refractivity contribution >= 4 is 11.8 Å². The van der Waals surface area contributed by atoms with Crippen LogP contribution >= 0.6 is 0 Å². The Morgan fingerprint density at radius 2 is 2.16 bits per heavy atom. The van der Waals surface area contributed by atoms with E-state index in [1.54, 1.807) is 18.3 Å². The molecule has 1 aromatic heterocycles. The molecule has 3 atom stereocenters. The third-order valence-corrected chi connectivity index (χ3v) is 4.13. The van der Waals surface area contributed by atoms with Crippen LogP contribution in [0.1, 0.15) is 43.5 Å². The Balaban J connectivity index is 2.01. The standard InChI is InChI=1S/C15H22N2O2/c1-10-4-5-13(8-11(10)2)17-14-9-12(6-7-16-14)15(18)19-3/h6-7,9-11,13H,4-5,8H2,1-3H3,(H,16,17). The number of esters is 1. The molecule has 1 N–H and O–H groups in total. The molecule has 0 spiro atoms. The average molecular weight is 262 g/mol. The van der Waals surface area contributed by atoms with E-state index in [0.717, 1.165) is 30.5 Å². The van der Waals surface area contributed by atoms with Gasteiger partial charge in [0.2, 0.25) is 0 Å². The smallest absolute Gasteiger partial charge is 0.338 e. The van der Waals surface area contributed by atoms with E-state index in [0.29, 0.717) is 11.6 Å². The maximum atomic E-state index is 11.5. The third kappa shape index (κ3) is 3.46. The molecule has 1 fully saturated rings. The Morgan fingerprint density at radius 1 is 1.37 bits per heavy atom. The van der Waals surface area contributed by atoms with Gasteiger partial charge in [0.05, 0.1) is 12.7 Å². The molecular weight excluding hydrogens is 240 g/mol. The van der Waals surface area contributed by atoms with E-state index < -0.39 is 0 Å². The number of pyridine rings is 1. The van der Waals surface area contributed by atoms with E-state index in [-0.39, 0.29) is 5.97 Å². The highest BCUT2D eigenvalue weighted by Crippen LogP contribution is 2.30. The number of nitrogens with one attached hydrogen (secondary N) is 1. The quantitative estimate of drug-likeness (QED) is 0.850. The number of carbonyl (C=O) groups excluding carboxylic acids is 1. The zero-order chi connectivity index (χ0) is 13.8. The number of hydrogen-bond donors (Lipinski definition) is 1. The molecular formula is C15H22N2O2. The summed E-state index contributed by atoms with van der Waals surface area (Å²) >= 11 is 0. The fourth-order valence-corrected chi connectivity index (χ4v) is 2.64. The van der Waals surface area contributed by atoms with E-state index in [1.807, 2.05) is 0 Å². The van der Waals surface area contributed by atoms with Crippen molar-refractivity contribution in [3.8, 4) is 0 Å². The number of hydrogen-bond acceptors (Lipinski definition) is 4. The lowest BCUT2D eigenvalue weighted by atomic mass is 9.79. The van der Waals surface area contributed by atoms with Crippen LogP contribution in [0.2, 0.25) is 0 Å². The minimum atomic E-state index is -0.323. The van der Waals surface area contributed by atoms with Crippen molar-refractivity contribution in [2.24, 2.45) is 11.8 Å². The van der Waals surface area contributed by atoms with Gasteiger partial charge in [-0.3, -0.25) is 0 Å². The highest BCUT2D eigenvalue weighted by Gasteiger charge is 2.24. The van der Waals surface area contributed by atoms with Gasteiger partial charge in [-0.25, -0.2) is 9.78 Å². The van der Waals surface area contributed by atoms with Gasteiger partial charge in [-0.2, -0.15) is 0 Å². The minimum Gasteiger partial charge on any atom is -0.465 e. The lowest BCUT2D eigenvalue weighted by Crippen LogP contribution is -2.30. The van der Waals surface area contributed by atoms with Gasteiger partial charge in [-0.15, -0.1) is 0 Å². The molecule has 4 nitrogen and oxygen atoms in total. The molecule has 0 saturated heterocycles. The van der Waals surface area contributed by atoms with Gasteiger partial charge in [0.15, 0.2) is 0 Å². The molecule has 0 bridgehead atoms. The zero-order valence-electron chi connectivity index (χ0n) is 11.8.